The van der Waals surface area contributed by atoms with Crippen LogP contribution in [0.5, 0.6) is 11.5 Å². The number of carbonyl (C=O) groups excluding carboxylic acids is 1. The van der Waals surface area contributed by atoms with Crippen LogP contribution in [0.1, 0.15) is 27.4 Å². The summed E-state index contributed by atoms with van der Waals surface area (Å²) in [5.41, 5.74) is 0.965. The first-order chi connectivity index (χ1) is 17.6. The highest BCUT2D eigenvalue weighted by Crippen LogP contribution is 2.38. The Hall–Kier alpha value is -3.38. The molecule has 1 N–H and O–H groups in total. The average molecular weight is 641 g/mol. The largest absolute Gasteiger partial charge is 0.497 e. The molecule has 0 aliphatic rings. The van der Waals surface area contributed by atoms with Crippen molar-refractivity contribution in [1.29, 1.82) is 0 Å². The number of carbonyl (C=O) groups is 1. The Kier molecular flexibility index (Phi) is 8.18. The molecule has 0 fully saturated rings. The first-order valence-electron chi connectivity index (χ1n) is 10.7. The van der Waals surface area contributed by atoms with Crippen LogP contribution in [-0.2, 0) is 19.3 Å². The van der Waals surface area contributed by atoms with Gasteiger partial charge >= 0.3 is 18.0 Å². The molecule has 0 bridgehead atoms. The molecule has 0 aliphatic carbocycles. The second-order valence-corrected chi connectivity index (χ2v) is 9.42. The van der Waals surface area contributed by atoms with Crippen molar-refractivity contribution in [3.8, 4) is 22.9 Å². The number of nitrogens with one attached hydrogen (secondary N) is 1. The molecule has 7 nitrogen and oxygen atoms in total. The zero-order chi connectivity index (χ0) is 26.6. The zero-order valence-electron chi connectivity index (χ0n) is 19.1. The van der Waals surface area contributed by atoms with Crippen molar-refractivity contribution in [2.24, 2.45) is 0 Å². The summed E-state index contributed by atoms with van der Waals surface area (Å²) in [7, 11) is 1.60. The summed E-state index contributed by atoms with van der Waals surface area (Å²) in [4.78, 5) is 16.5. The molecule has 37 heavy (non-hydrogen) atoms. The first-order valence-corrected chi connectivity index (χ1v) is 12.3. The zero-order valence-corrected chi connectivity index (χ0v) is 22.3. The third-order valence-electron chi connectivity index (χ3n) is 5.13. The van der Waals surface area contributed by atoms with Crippen molar-refractivity contribution < 1.29 is 32.0 Å². The molecule has 0 radical (unpaired) electrons. The fraction of sp³-hybridized carbons (Fsp3) is 0.160. The van der Waals surface area contributed by atoms with Crippen molar-refractivity contribution in [2.45, 2.75) is 19.3 Å². The Bertz CT molecular complexity index is 1390. The van der Waals surface area contributed by atoms with Crippen molar-refractivity contribution >= 4 is 37.8 Å². The molecule has 0 spiro atoms. The van der Waals surface area contributed by atoms with E-state index in [2.05, 4.69) is 47.3 Å². The van der Waals surface area contributed by atoms with E-state index in [1.54, 1.807) is 19.2 Å². The summed E-state index contributed by atoms with van der Waals surface area (Å²) < 4.78 is 56.0. The highest BCUT2D eigenvalue weighted by atomic mass is 79.9. The Morgan fingerprint density at radius 2 is 1.73 bits per heavy atom. The predicted octanol–water partition coefficient (Wildman–Crippen LogP) is 6.80. The minimum atomic E-state index is -4.47. The number of ether oxygens (including phenoxy) is 2. The summed E-state index contributed by atoms with van der Waals surface area (Å²) in [6.45, 7) is 0.177. The molecule has 1 heterocycles. The summed E-state index contributed by atoms with van der Waals surface area (Å²) >= 11 is 6.95. The van der Waals surface area contributed by atoms with Gasteiger partial charge in [0.2, 0.25) is 5.82 Å². The molecule has 1 aromatic heterocycles. The van der Waals surface area contributed by atoms with Crippen LogP contribution in [0.2, 0.25) is 0 Å². The van der Waals surface area contributed by atoms with Gasteiger partial charge in [-0.05, 0) is 79.4 Å². The number of methoxy groups -OCH3 is 1. The molecule has 0 saturated heterocycles. The fourth-order valence-electron chi connectivity index (χ4n) is 3.25. The van der Waals surface area contributed by atoms with Crippen LogP contribution in [0.25, 0.3) is 11.4 Å². The maximum Gasteiger partial charge on any atom is 0.416 e. The van der Waals surface area contributed by atoms with Gasteiger partial charge in [-0.1, -0.05) is 29.4 Å². The molecule has 0 atom stereocenters. The van der Waals surface area contributed by atoms with E-state index in [1.165, 1.54) is 12.1 Å². The third-order valence-corrected chi connectivity index (χ3v) is 6.30. The van der Waals surface area contributed by atoms with E-state index in [0.29, 0.717) is 26.9 Å². The number of hydrogen-bond donors (Lipinski definition) is 1. The van der Waals surface area contributed by atoms with E-state index < -0.39 is 17.6 Å². The van der Waals surface area contributed by atoms with Gasteiger partial charge in [0.15, 0.2) is 0 Å². The lowest BCUT2D eigenvalue weighted by molar-refractivity contribution is -0.137. The van der Waals surface area contributed by atoms with Gasteiger partial charge in [-0.2, -0.15) is 18.2 Å². The highest BCUT2D eigenvalue weighted by molar-refractivity contribution is 9.11. The van der Waals surface area contributed by atoms with E-state index in [-0.39, 0.29) is 23.8 Å². The van der Waals surface area contributed by atoms with Crippen LogP contribution in [0, 0.1) is 0 Å². The summed E-state index contributed by atoms with van der Waals surface area (Å²) in [6, 6.07) is 15.6. The molecule has 192 valence electrons. The number of benzene rings is 3. The van der Waals surface area contributed by atoms with Gasteiger partial charge in [0.25, 0.3) is 0 Å². The number of alkyl halides is 3. The van der Waals surface area contributed by atoms with E-state index in [1.807, 2.05) is 24.3 Å². The quantitative estimate of drug-likeness (QED) is 0.228. The smallest absolute Gasteiger partial charge is 0.416 e. The molecule has 3 aromatic carbocycles. The number of halogens is 5. The van der Waals surface area contributed by atoms with Crippen molar-refractivity contribution in [1.82, 2.24) is 15.5 Å². The van der Waals surface area contributed by atoms with Gasteiger partial charge in [-0.3, -0.25) is 4.79 Å². The number of aromatic nitrogens is 2. The van der Waals surface area contributed by atoms with Crippen LogP contribution in [0.4, 0.5) is 13.2 Å². The molecule has 0 unspecified atom stereocenters. The van der Waals surface area contributed by atoms with Crippen LogP contribution in [0.3, 0.4) is 0 Å². The summed E-state index contributed by atoms with van der Waals surface area (Å²) in [5.74, 6) is 0.413. The molecular formula is C25H18Br2F3N3O4. The SMILES string of the molecule is COc1ccc(COc2c(Br)cc(-c3noc(C(=O)NCc4cccc(C(F)(F)F)c4)n3)cc2Br)cc1. The van der Waals surface area contributed by atoms with E-state index in [4.69, 9.17) is 14.0 Å². The monoisotopic (exact) mass is 639 g/mol. The fourth-order valence-corrected chi connectivity index (χ4v) is 4.67. The van der Waals surface area contributed by atoms with Gasteiger partial charge in [-0.25, -0.2) is 0 Å². The third kappa shape index (κ3) is 6.69. The minimum Gasteiger partial charge on any atom is -0.497 e. The highest BCUT2D eigenvalue weighted by Gasteiger charge is 2.30. The lowest BCUT2D eigenvalue weighted by Crippen LogP contribution is -2.23. The van der Waals surface area contributed by atoms with Crippen molar-refractivity contribution in [3.05, 3.63) is 92.2 Å². The molecule has 12 heteroatoms. The van der Waals surface area contributed by atoms with Crippen LogP contribution >= 0.6 is 31.9 Å². The standard InChI is InChI=1S/C25H18Br2F3N3O4/c1-35-18-7-5-14(6-8-18)13-36-21-19(26)10-16(11-20(21)27)22-32-24(37-33-22)23(34)31-12-15-3-2-4-17(9-15)25(28,29)30/h2-11H,12-13H2,1H3,(H,31,34). The maximum absolute atomic E-state index is 12.9. The molecule has 0 saturated carbocycles. The lowest BCUT2D eigenvalue weighted by atomic mass is 10.1. The first kappa shape index (κ1) is 26.7. The summed E-state index contributed by atoms with van der Waals surface area (Å²) in [6.07, 6.45) is -4.47. The van der Waals surface area contributed by atoms with Gasteiger partial charge in [0.05, 0.1) is 21.6 Å². The topological polar surface area (TPSA) is 86.5 Å². The van der Waals surface area contributed by atoms with Gasteiger partial charge < -0.3 is 19.3 Å². The Morgan fingerprint density at radius 1 is 1.03 bits per heavy atom. The Labute approximate surface area is 226 Å². The molecule has 4 rings (SSSR count). The molecule has 1 amide bonds. The maximum atomic E-state index is 12.9. The number of rotatable bonds is 8. The average Bonchev–Trinajstić information content (AvgIpc) is 3.37. The second kappa shape index (κ2) is 11.3. The Morgan fingerprint density at radius 3 is 2.38 bits per heavy atom. The molecular weight excluding hydrogens is 623 g/mol. The van der Waals surface area contributed by atoms with Crippen LogP contribution < -0.4 is 14.8 Å². The van der Waals surface area contributed by atoms with Gasteiger partial charge in [-0.15, -0.1) is 0 Å². The normalized spacial score (nSPS) is 11.3. The second-order valence-electron chi connectivity index (χ2n) is 7.71. The molecule has 0 aliphatic heterocycles. The number of amides is 1. The predicted molar refractivity (Wildman–Crippen MR) is 135 cm³/mol. The lowest BCUT2D eigenvalue weighted by Gasteiger charge is -2.12. The van der Waals surface area contributed by atoms with Crippen molar-refractivity contribution in [2.75, 3.05) is 7.11 Å². The van der Waals surface area contributed by atoms with Gasteiger partial charge in [0.1, 0.15) is 18.1 Å². The number of hydrogen-bond acceptors (Lipinski definition) is 6. The Balaban J connectivity index is 1.41. The van der Waals surface area contributed by atoms with Crippen molar-refractivity contribution in [3.63, 3.8) is 0 Å². The minimum absolute atomic E-state index is 0.141. The molecule has 4 aromatic rings. The van der Waals surface area contributed by atoms with E-state index in [0.717, 1.165) is 23.4 Å². The summed E-state index contributed by atoms with van der Waals surface area (Å²) in [5, 5.41) is 6.32. The number of nitrogens with zero attached hydrogens (tertiary/aromatic N) is 2. The van der Waals surface area contributed by atoms with E-state index >= 15 is 0 Å². The van der Waals surface area contributed by atoms with E-state index in [9.17, 15) is 18.0 Å². The van der Waals surface area contributed by atoms with Crippen LogP contribution in [-0.4, -0.2) is 23.2 Å². The van der Waals surface area contributed by atoms with Gasteiger partial charge in [0, 0.05) is 12.1 Å². The van der Waals surface area contributed by atoms with Crippen LogP contribution in [0.15, 0.2) is 74.1 Å².